The summed E-state index contributed by atoms with van der Waals surface area (Å²) in [5.74, 6) is 2.33. The number of aryl methyl sites for hydroxylation is 1. The van der Waals surface area contributed by atoms with Crippen LogP contribution >= 0.6 is 0 Å². The van der Waals surface area contributed by atoms with Crippen molar-refractivity contribution in [1.29, 1.82) is 0 Å². The first-order valence-electron chi connectivity index (χ1n) is 9.13. The quantitative estimate of drug-likeness (QED) is 0.926. The second kappa shape index (κ2) is 5.79. The summed E-state index contributed by atoms with van der Waals surface area (Å²) < 4.78 is 0. The molecule has 3 heterocycles. The molecule has 0 spiro atoms. The lowest BCUT2D eigenvalue weighted by Gasteiger charge is -2.40. The topological polar surface area (TPSA) is 71.0 Å². The van der Waals surface area contributed by atoms with Crippen LogP contribution < -0.4 is 5.32 Å². The molecule has 6 nitrogen and oxygen atoms in total. The monoisotopic (exact) mass is 335 g/mol. The maximum atomic E-state index is 12.1. The van der Waals surface area contributed by atoms with E-state index in [4.69, 9.17) is 9.97 Å². The molecule has 0 aromatic carbocycles. The summed E-state index contributed by atoms with van der Waals surface area (Å²) in [6, 6.07) is 4.20. The molecule has 0 atom stereocenters. The predicted molar refractivity (Wildman–Crippen MR) is 94.0 cm³/mol. The smallest absolute Gasteiger partial charge is 0.225 e. The molecule has 5 rings (SSSR count). The molecule has 6 heteroatoms. The minimum absolute atomic E-state index is 0.295. The summed E-state index contributed by atoms with van der Waals surface area (Å²) in [6.45, 7) is 1.58. The van der Waals surface area contributed by atoms with Crippen LogP contribution in [0.15, 0.2) is 24.5 Å². The maximum absolute atomic E-state index is 12.1. The third-order valence-corrected chi connectivity index (χ3v) is 5.31. The molecule has 128 valence electrons. The predicted octanol–water partition coefficient (Wildman–Crippen LogP) is 2.06. The summed E-state index contributed by atoms with van der Waals surface area (Å²) in [6.07, 6.45) is 8.88. The number of nitrogens with one attached hydrogen (secondary N) is 1. The highest BCUT2D eigenvalue weighted by atomic mass is 16.2. The zero-order valence-electron chi connectivity index (χ0n) is 14.1. The Morgan fingerprint density at radius 2 is 2.08 bits per heavy atom. The van der Waals surface area contributed by atoms with Gasteiger partial charge in [0.2, 0.25) is 5.91 Å². The van der Waals surface area contributed by atoms with Gasteiger partial charge in [0.05, 0.1) is 6.04 Å². The van der Waals surface area contributed by atoms with Crippen LogP contribution in [0.1, 0.15) is 30.5 Å². The van der Waals surface area contributed by atoms with Gasteiger partial charge in [-0.1, -0.05) is 0 Å². The summed E-state index contributed by atoms with van der Waals surface area (Å²) in [4.78, 5) is 27.8. The van der Waals surface area contributed by atoms with Gasteiger partial charge >= 0.3 is 0 Å². The van der Waals surface area contributed by atoms with Gasteiger partial charge in [0.15, 0.2) is 5.82 Å². The van der Waals surface area contributed by atoms with Crippen molar-refractivity contribution < 1.29 is 4.79 Å². The van der Waals surface area contributed by atoms with Gasteiger partial charge in [0.25, 0.3) is 0 Å². The Morgan fingerprint density at radius 1 is 1.20 bits per heavy atom. The van der Waals surface area contributed by atoms with Gasteiger partial charge in [-0.25, -0.2) is 9.97 Å². The van der Waals surface area contributed by atoms with E-state index in [9.17, 15) is 4.79 Å². The van der Waals surface area contributed by atoms with E-state index in [0.717, 1.165) is 68.1 Å². The number of carbonyl (C=O) groups is 1. The molecular formula is C19H21N5O. The number of pyridine rings is 1. The van der Waals surface area contributed by atoms with Gasteiger partial charge in [-0.3, -0.25) is 9.78 Å². The maximum Gasteiger partial charge on any atom is 0.225 e. The van der Waals surface area contributed by atoms with Crippen LogP contribution in [-0.4, -0.2) is 44.9 Å². The summed E-state index contributed by atoms with van der Waals surface area (Å²) in [7, 11) is 0. The Balaban J connectivity index is 1.36. The molecule has 0 bridgehead atoms. The average molecular weight is 335 g/mol. The Kier molecular flexibility index (Phi) is 3.43. The first-order chi connectivity index (χ1) is 12.3. The van der Waals surface area contributed by atoms with Crippen LogP contribution in [0.2, 0.25) is 0 Å². The SMILES string of the molecule is O=C(C1CC1)N1CC(Nc2nc(-c3cccnc3)nc3c2CCC3)C1. The fraction of sp³-hybridized carbons (Fsp3) is 0.474. The van der Waals surface area contributed by atoms with Crippen molar-refractivity contribution in [3.8, 4) is 11.4 Å². The first kappa shape index (κ1) is 14.8. The molecule has 0 radical (unpaired) electrons. The Bertz CT molecular complexity index is 812. The van der Waals surface area contributed by atoms with E-state index < -0.39 is 0 Å². The third-order valence-electron chi connectivity index (χ3n) is 5.31. The Morgan fingerprint density at radius 3 is 2.84 bits per heavy atom. The third kappa shape index (κ3) is 2.75. The van der Waals surface area contributed by atoms with Gasteiger partial charge < -0.3 is 10.2 Å². The zero-order valence-corrected chi connectivity index (χ0v) is 14.1. The number of hydrogen-bond donors (Lipinski definition) is 1. The van der Waals surface area contributed by atoms with Crippen LogP contribution in [0.25, 0.3) is 11.4 Å². The number of amides is 1. The van der Waals surface area contributed by atoms with Gasteiger partial charge in [-0.05, 0) is 44.2 Å². The van der Waals surface area contributed by atoms with E-state index in [0.29, 0.717) is 17.9 Å². The highest BCUT2D eigenvalue weighted by molar-refractivity contribution is 5.82. The van der Waals surface area contributed by atoms with Crippen molar-refractivity contribution in [3.05, 3.63) is 35.8 Å². The molecule has 3 aliphatic rings. The minimum atomic E-state index is 0.295. The molecule has 1 N–H and O–H groups in total. The molecule has 2 aliphatic carbocycles. The van der Waals surface area contributed by atoms with E-state index >= 15 is 0 Å². The molecule has 2 aromatic heterocycles. The molecule has 1 saturated heterocycles. The number of anilines is 1. The van der Waals surface area contributed by atoms with Crippen molar-refractivity contribution in [2.24, 2.45) is 5.92 Å². The van der Waals surface area contributed by atoms with E-state index in [-0.39, 0.29) is 0 Å². The molecule has 1 aliphatic heterocycles. The molecule has 2 aromatic rings. The van der Waals surface area contributed by atoms with Crippen molar-refractivity contribution in [2.45, 2.75) is 38.1 Å². The van der Waals surface area contributed by atoms with Gasteiger partial charge in [-0.2, -0.15) is 0 Å². The van der Waals surface area contributed by atoms with E-state index in [1.54, 1.807) is 12.4 Å². The lowest BCUT2D eigenvalue weighted by molar-refractivity contribution is -0.136. The van der Waals surface area contributed by atoms with Gasteiger partial charge in [-0.15, -0.1) is 0 Å². The van der Waals surface area contributed by atoms with E-state index in [2.05, 4.69) is 10.3 Å². The standard InChI is InChI=1S/C19H21N5O/c25-19(12-6-7-12)24-10-14(11-24)21-18-15-4-1-5-16(15)22-17(23-18)13-3-2-8-20-9-13/h2-3,8-9,12,14H,1,4-7,10-11H2,(H,21,22,23). The summed E-state index contributed by atoms with van der Waals surface area (Å²) in [5, 5.41) is 3.57. The number of fused-ring (bicyclic) bond motifs is 1. The average Bonchev–Trinajstić information content (AvgIpc) is 3.35. The lowest BCUT2D eigenvalue weighted by atomic mass is 10.1. The number of rotatable bonds is 4. The van der Waals surface area contributed by atoms with Crippen molar-refractivity contribution in [2.75, 3.05) is 18.4 Å². The second-order valence-corrected chi connectivity index (χ2v) is 7.28. The Labute approximate surface area is 146 Å². The summed E-state index contributed by atoms with van der Waals surface area (Å²) in [5.41, 5.74) is 3.35. The number of likely N-dealkylation sites (tertiary alicyclic amines) is 1. The number of carbonyl (C=O) groups excluding carboxylic acids is 1. The highest BCUT2D eigenvalue weighted by Crippen LogP contribution is 2.34. The van der Waals surface area contributed by atoms with Crippen molar-refractivity contribution in [3.63, 3.8) is 0 Å². The molecule has 1 amide bonds. The van der Waals surface area contributed by atoms with Crippen LogP contribution in [0, 0.1) is 5.92 Å². The second-order valence-electron chi connectivity index (χ2n) is 7.28. The van der Waals surface area contributed by atoms with Crippen LogP contribution in [0.5, 0.6) is 0 Å². The van der Waals surface area contributed by atoms with Crippen molar-refractivity contribution in [1.82, 2.24) is 19.9 Å². The van der Waals surface area contributed by atoms with Gasteiger partial charge in [0, 0.05) is 48.2 Å². The molecule has 1 saturated carbocycles. The molecule has 0 unspecified atom stereocenters. The zero-order chi connectivity index (χ0) is 16.8. The first-order valence-corrected chi connectivity index (χ1v) is 9.13. The van der Waals surface area contributed by atoms with Crippen molar-refractivity contribution >= 4 is 11.7 Å². The summed E-state index contributed by atoms with van der Waals surface area (Å²) >= 11 is 0. The van der Waals surface area contributed by atoms with E-state index in [1.165, 1.54) is 5.56 Å². The normalized spacial score (nSPS) is 19.4. The van der Waals surface area contributed by atoms with Crippen LogP contribution in [0.3, 0.4) is 0 Å². The lowest BCUT2D eigenvalue weighted by Crippen LogP contribution is -2.57. The number of aromatic nitrogens is 3. The fourth-order valence-corrected chi connectivity index (χ4v) is 3.71. The Hall–Kier alpha value is -2.50. The molecule has 25 heavy (non-hydrogen) atoms. The minimum Gasteiger partial charge on any atom is -0.363 e. The molecule has 2 fully saturated rings. The largest absolute Gasteiger partial charge is 0.363 e. The highest BCUT2D eigenvalue weighted by Gasteiger charge is 2.39. The van der Waals surface area contributed by atoms with E-state index in [1.807, 2.05) is 17.0 Å². The number of hydrogen-bond acceptors (Lipinski definition) is 5. The van der Waals surface area contributed by atoms with Crippen LogP contribution in [0.4, 0.5) is 5.82 Å². The van der Waals surface area contributed by atoms with Gasteiger partial charge in [0.1, 0.15) is 5.82 Å². The molecular weight excluding hydrogens is 314 g/mol. The van der Waals surface area contributed by atoms with Crippen LogP contribution in [-0.2, 0) is 17.6 Å². The fourth-order valence-electron chi connectivity index (χ4n) is 3.71. The number of nitrogens with zero attached hydrogens (tertiary/aromatic N) is 4.